The van der Waals surface area contributed by atoms with E-state index in [1.165, 1.54) is 16.3 Å². The maximum Gasteiger partial charge on any atom is 0.159 e. The molecule has 1 N–H and O–H groups in total. The van der Waals surface area contributed by atoms with Gasteiger partial charge >= 0.3 is 0 Å². The topological polar surface area (TPSA) is 60.5 Å². The van der Waals surface area contributed by atoms with Crippen LogP contribution in [0.5, 0.6) is 0 Å². The predicted molar refractivity (Wildman–Crippen MR) is 197 cm³/mol. The van der Waals surface area contributed by atoms with Gasteiger partial charge in [0.15, 0.2) is 5.84 Å². The number of amidine groups is 2. The van der Waals surface area contributed by atoms with Crippen molar-refractivity contribution < 1.29 is 0 Å². The van der Waals surface area contributed by atoms with Gasteiger partial charge in [0.05, 0.1) is 11.6 Å². The molecule has 0 aliphatic carbocycles. The Bertz CT molecular complexity index is 2330. The Morgan fingerprint density at radius 1 is 0.458 bits per heavy atom. The minimum atomic E-state index is -0.226. The molecule has 226 valence electrons. The Morgan fingerprint density at radius 2 is 0.938 bits per heavy atom. The lowest BCUT2D eigenvalue weighted by Gasteiger charge is -2.23. The normalized spacial score (nSPS) is 14.0. The Morgan fingerprint density at radius 3 is 1.50 bits per heavy atom. The number of nitrogens with zero attached hydrogens (tertiary/aromatic N) is 3. The van der Waals surface area contributed by atoms with Crippen molar-refractivity contribution in [1.82, 2.24) is 5.32 Å². The lowest BCUT2D eigenvalue weighted by atomic mass is 9.96. The molecule has 48 heavy (non-hydrogen) atoms. The molecule has 7 aromatic carbocycles. The monoisotopic (exact) mass is 614 g/mol. The molecular formula is C44H30N4. The van der Waals surface area contributed by atoms with Crippen LogP contribution in [0.25, 0.3) is 44.2 Å². The SMILES string of the molecule is N#Cc1ccc(-c2ccc(-c3ccc4ccc(-c5ccc(C6=NC(c7ccccc7)NC(c7ccccc7)=N6)cc5)cc4c3)cc2)cc1. The predicted octanol–water partition coefficient (Wildman–Crippen LogP) is 10.2. The van der Waals surface area contributed by atoms with Crippen molar-refractivity contribution in [1.29, 1.82) is 5.26 Å². The van der Waals surface area contributed by atoms with Gasteiger partial charge in [-0.2, -0.15) is 5.26 Å². The van der Waals surface area contributed by atoms with Gasteiger partial charge in [0.2, 0.25) is 0 Å². The number of rotatable bonds is 6. The summed E-state index contributed by atoms with van der Waals surface area (Å²) in [6.45, 7) is 0. The van der Waals surface area contributed by atoms with Gasteiger partial charge in [0.1, 0.15) is 12.0 Å². The summed E-state index contributed by atoms with van der Waals surface area (Å²) in [7, 11) is 0. The molecule has 8 rings (SSSR count). The minimum absolute atomic E-state index is 0.226. The van der Waals surface area contributed by atoms with Gasteiger partial charge in [-0.25, -0.2) is 9.98 Å². The van der Waals surface area contributed by atoms with Gasteiger partial charge in [-0.15, -0.1) is 0 Å². The molecule has 7 aromatic rings. The first kappa shape index (κ1) is 28.9. The molecule has 4 nitrogen and oxygen atoms in total. The molecular weight excluding hydrogens is 585 g/mol. The largest absolute Gasteiger partial charge is 0.344 e. The molecule has 0 bridgehead atoms. The summed E-state index contributed by atoms with van der Waals surface area (Å²) in [5, 5.41) is 15.0. The van der Waals surface area contributed by atoms with Gasteiger partial charge in [0.25, 0.3) is 0 Å². The molecule has 1 unspecified atom stereocenters. The summed E-state index contributed by atoms with van der Waals surface area (Å²) < 4.78 is 0. The molecule has 1 heterocycles. The van der Waals surface area contributed by atoms with Gasteiger partial charge in [-0.05, 0) is 74.0 Å². The number of nitriles is 1. The molecule has 0 fully saturated rings. The van der Waals surface area contributed by atoms with E-state index in [-0.39, 0.29) is 6.17 Å². The van der Waals surface area contributed by atoms with Crippen LogP contribution in [0.1, 0.15) is 28.4 Å². The Hall–Kier alpha value is -6.57. The summed E-state index contributed by atoms with van der Waals surface area (Å²) in [5.41, 5.74) is 10.6. The van der Waals surface area contributed by atoms with Crippen molar-refractivity contribution >= 4 is 22.4 Å². The third-order valence-corrected chi connectivity index (χ3v) is 8.79. The fourth-order valence-electron chi connectivity index (χ4n) is 6.14. The van der Waals surface area contributed by atoms with E-state index in [1.54, 1.807) is 0 Å². The van der Waals surface area contributed by atoms with E-state index in [2.05, 4.69) is 121 Å². The van der Waals surface area contributed by atoms with Gasteiger partial charge in [0, 0.05) is 11.1 Å². The van der Waals surface area contributed by atoms with E-state index in [0.29, 0.717) is 11.4 Å². The molecule has 0 saturated carbocycles. The quantitative estimate of drug-likeness (QED) is 0.203. The summed E-state index contributed by atoms with van der Waals surface area (Å²) in [5.74, 6) is 1.52. The Kier molecular flexibility index (Phi) is 7.62. The molecule has 1 aliphatic heterocycles. The van der Waals surface area contributed by atoms with Crippen LogP contribution in [-0.2, 0) is 0 Å². The average molecular weight is 615 g/mol. The zero-order chi connectivity index (χ0) is 32.3. The highest BCUT2D eigenvalue weighted by atomic mass is 15.2. The summed E-state index contributed by atoms with van der Waals surface area (Å²) in [4.78, 5) is 9.97. The van der Waals surface area contributed by atoms with Gasteiger partial charge < -0.3 is 5.32 Å². The number of hydrogen-bond donors (Lipinski definition) is 1. The zero-order valence-electron chi connectivity index (χ0n) is 26.1. The number of aliphatic imine (C=N–C) groups is 2. The third kappa shape index (κ3) is 5.89. The summed E-state index contributed by atoms with van der Waals surface area (Å²) in [6, 6.07) is 60.8. The number of nitrogens with one attached hydrogen (secondary N) is 1. The Labute approximate surface area is 280 Å². The van der Waals surface area contributed by atoms with Crippen LogP contribution in [0.3, 0.4) is 0 Å². The van der Waals surface area contributed by atoms with Crippen LogP contribution in [0, 0.1) is 11.3 Å². The minimum Gasteiger partial charge on any atom is -0.344 e. The zero-order valence-corrected chi connectivity index (χ0v) is 26.1. The molecule has 0 aromatic heterocycles. The van der Waals surface area contributed by atoms with E-state index in [0.717, 1.165) is 50.3 Å². The second-order valence-corrected chi connectivity index (χ2v) is 11.9. The molecule has 0 spiro atoms. The van der Waals surface area contributed by atoms with Crippen molar-refractivity contribution in [3.63, 3.8) is 0 Å². The Balaban J connectivity index is 1.07. The van der Waals surface area contributed by atoms with Gasteiger partial charge in [-0.1, -0.05) is 146 Å². The van der Waals surface area contributed by atoms with Crippen LogP contribution in [-0.4, -0.2) is 11.7 Å². The maximum absolute atomic E-state index is 9.10. The highest BCUT2D eigenvalue weighted by molar-refractivity contribution is 6.13. The van der Waals surface area contributed by atoms with Crippen LogP contribution in [0.15, 0.2) is 180 Å². The number of fused-ring (bicyclic) bond motifs is 1. The van der Waals surface area contributed by atoms with Crippen molar-refractivity contribution in [2.45, 2.75) is 6.17 Å². The second kappa shape index (κ2) is 12.7. The number of hydrogen-bond acceptors (Lipinski definition) is 4. The maximum atomic E-state index is 9.10. The van der Waals surface area contributed by atoms with Crippen molar-refractivity contribution in [2.24, 2.45) is 9.98 Å². The average Bonchev–Trinajstić information content (AvgIpc) is 3.18. The van der Waals surface area contributed by atoms with Crippen molar-refractivity contribution in [3.8, 4) is 39.4 Å². The standard InChI is InChI=1S/C44H30N4/c45-29-30-11-13-31(14-12-30)32-15-17-33(18-16-32)39-25-21-35-22-26-40(28-41(35)27-39)34-19-23-38(24-20-34)44-47-42(36-7-3-1-4-8-36)46-43(48-44)37-9-5-2-6-10-37/h1-28,42H,(H,46,47,48). The first-order chi connectivity index (χ1) is 23.7. The highest BCUT2D eigenvalue weighted by Gasteiger charge is 2.20. The lowest BCUT2D eigenvalue weighted by molar-refractivity contribution is 0.674. The van der Waals surface area contributed by atoms with Crippen LogP contribution < -0.4 is 5.32 Å². The number of benzene rings is 7. The first-order valence-electron chi connectivity index (χ1n) is 16.0. The molecule has 0 radical (unpaired) electrons. The fourth-order valence-corrected chi connectivity index (χ4v) is 6.14. The van der Waals surface area contributed by atoms with E-state index in [1.807, 2.05) is 60.7 Å². The van der Waals surface area contributed by atoms with Gasteiger partial charge in [-0.3, -0.25) is 0 Å². The molecule has 1 atom stereocenters. The highest BCUT2D eigenvalue weighted by Crippen LogP contribution is 2.31. The molecule has 0 saturated heterocycles. The van der Waals surface area contributed by atoms with E-state index in [4.69, 9.17) is 15.2 Å². The fraction of sp³-hybridized carbons (Fsp3) is 0.0227. The molecule has 1 aliphatic rings. The first-order valence-corrected chi connectivity index (χ1v) is 16.0. The van der Waals surface area contributed by atoms with E-state index < -0.39 is 0 Å². The summed E-state index contributed by atoms with van der Waals surface area (Å²) >= 11 is 0. The lowest BCUT2D eigenvalue weighted by Crippen LogP contribution is -2.33. The molecule has 4 heteroatoms. The summed E-state index contributed by atoms with van der Waals surface area (Å²) in [6.07, 6.45) is -0.226. The van der Waals surface area contributed by atoms with Crippen LogP contribution in [0.2, 0.25) is 0 Å². The molecule has 0 amide bonds. The second-order valence-electron chi connectivity index (χ2n) is 11.9. The van der Waals surface area contributed by atoms with E-state index in [9.17, 15) is 0 Å². The third-order valence-electron chi connectivity index (χ3n) is 8.79. The smallest absolute Gasteiger partial charge is 0.159 e. The van der Waals surface area contributed by atoms with E-state index >= 15 is 0 Å². The van der Waals surface area contributed by atoms with Crippen LogP contribution in [0.4, 0.5) is 0 Å². The van der Waals surface area contributed by atoms with Crippen LogP contribution >= 0.6 is 0 Å². The van der Waals surface area contributed by atoms with Crippen molar-refractivity contribution in [3.05, 3.63) is 192 Å². The van der Waals surface area contributed by atoms with Crippen molar-refractivity contribution in [2.75, 3.05) is 0 Å².